The van der Waals surface area contributed by atoms with Crippen LogP contribution in [0.3, 0.4) is 0 Å². The molecule has 116 valence electrons. The lowest BCUT2D eigenvalue weighted by atomic mass is 10.3. The van der Waals surface area contributed by atoms with Crippen molar-refractivity contribution in [2.45, 2.75) is 12.1 Å². The molecule has 22 heavy (non-hydrogen) atoms. The van der Waals surface area contributed by atoms with E-state index in [0.29, 0.717) is 5.69 Å². The molecular weight excluding hydrogens is 377 g/mol. The smallest absolute Gasteiger partial charge is 0.275 e. The number of aromatic nitrogens is 2. The highest BCUT2D eigenvalue weighted by Gasteiger charge is 2.20. The van der Waals surface area contributed by atoms with E-state index in [2.05, 4.69) is 31.2 Å². The Morgan fingerprint density at radius 3 is 2.55 bits per heavy atom. The standard InChI is InChI=1S/C13H11BrFN3O3S/c1-2-22(20,21)13-16-7-10(14)11(18-13)12(19)17-9-5-3-8(15)4-6-9/h3-7H,2H2,1H3,(H,17,19). The van der Waals surface area contributed by atoms with Gasteiger partial charge in [-0.25, -0.2) is 22.8 Å². The van der Waals surface area contributed by atoms with Gasteiger partial charge in [-0.05, 0) is 40.2 Å². The van der Waals surface area contributed by atoms with Gasteiger partial charge in [-0.3, -0.25) is 4.79 Å². The maximum atomic E-state index is 12.8. The second-order valence-electron chi connectivity index (χ2n) is 4.21. The molecule has 0 spiro atoms. The fourth-order valence-corrected chi connectivity index (χ4v) is 2.59. The van der Waals surface area contributed by atoms with Gasteiger partial charge in [-0.2, -0.15) is 0 Å². The molecule has 1 heterocycles. The van der Waals surface area contributed by atoms with Crippen LogP contribution < -0.4 is 5.32 Å². The molecule has 0 radical (unpaired) electrons. The van der Waals surface area contributed by atoms with E-state index in [1.54, 1.807) is 0 Å². The highest BCUT2D eigenvalue weighted by atomic mass is 79.9. The number of amides is 1. The zero-order valence-electron chi connectivity index (χ0n) is 11.4. The molecule has 2 aromatic rings. The van der Waals surface area contributed by atoms with E-state index in [9.17, 15) is 17.6 Å². The topological polar surface area (TPSA) is 89.0 Å². The molecule has 2 rings (SSSR count). The molecule has 1 amide bonds. The summed E-state index contributed by atoms with van der Waals surface area (Å²) in [5.74, 6) is -1.24. The van der Waals surface area contributed by atoms with Crippen molar-refractivity contribution >= 4 is 37.4 Å². The Morgan fingerprint density at radius 1 is 1.32 bits per heavy atom. The second-order valence-corrected chi connectivity index (χ2v) is 7.24. The summed E-state index contributed by atoms with van der Waals surface area (Å²) in [6.45, 7) is 1.46. The van der Waals surface area contributed by atoms with Crippen LogP contribution in [0.25, 0.3) is 0 Å². The van der Waals surface area contributed by atoms with E-state index in [4.69, 9.17) is 0 Å². The molecular formula is C13H11BrFN3O3S. The summed E-state index contributed by atoms with van der Waals surface area (Å²) in [5, 5.41) is 2.09. The van der Waals surface area contributed by atoms with Crippen LogP contribution in [-0.2, 0) is 9.84 Å². The number of rotatable bonds is 4. The fraction of sp³-hybridized carbons (Fsp3) is 0.154. The molecule has 0 aliphatic heterocycles. The zero-order chi connectivity index (χ0) is 16.3. The van der Waals surface area contributed by atoms with Crippen LogP contribution in [0.4, 0.5) is 10.1 Å². The van der Waals surface area contributed by atoms with Crippen molar-refractivity contribution < 1.29 is 17.6 Å². The minimum absolute atomic E-state index is 0.119. The lowest BCUT2D eigenvalue weighted by molar-refractivity contribution is 0.102. The van der Waals surface area contributed by atoms with Crippen LogP contribution in [0.2, 0.25) is 0 Å². The van der Waals surface area contributed by atoms with E-state index in [1.165, 1.54) is 37.4 Å². The molecule has 0 saturated heterocycles. The van der Waals surface area contributed by atoms with E-state index in [-0.39, 0.29) is 15.9 Å². The van der Waals surface area contributed by atoms with Gasteiger partial charge in [0.05, 0.1) is 10.2 Å². The Bertz CT molecular complexity index is 810. The molecule has 1 aromatic heterocycles. The molecule has 6 nitrogen and oxygen atoms in total. The molecule has 0 aliphatic rings. The van der Waals surface area contributed by atoms with Crippen LogP contribution in [0.5, 0.6) is 0 Å². The third kappa shape index (κ3) is 3.66. The highest BCUT2D eigenvalue weighted by Crippen LogP contribution is 2.18. The van der Waals surface area contributed by atoms with Crippen molar-refractivity contribution in [1.29, 1.82) is 0 Å². The van der Waals surface area contributed by atoms with Gasteiger partial charge in [-0.15, -0.1) is 0 Å². The first-order valence-corrected chi connectivity index (χ1v) is 8.60. The monoisotopic (exact) mass is 387 g/mol. The summed E-state index contributed by atoms with van der Waals surface area (Å²) in [6.07, 6.45) is 1.20. The Morgan fingerprint density at radius 2 is 1.95 bits per heavy atom. The lowest BCUT2D eigenvalue weighted by Gasteiger charge is -2.07. The van der Waals surface area contributed by atoms with Crippen molar-refractivity contribution in [2.75, 3.05) is 11.1 Å². The predicted octanol–water partition coefficient (Wildman–Crippen LogP) is 2.42. The molecule has 1 aromatic carbocycles. The Labute approximate surface area is 134 Å². The number of sulfone groups is 1. The van der Waals surface area contributed by atoms with Crippen LogP contribution in [-0.4, -0.2) is 30.0 Å². The molecule has 0 atom stereocenters. The molecule has 0 unspecified atom stereocenters. The number of nitrogens with one attached hydrogen (secondary N) is 1. The van der Waals surface area contributed by atoms with E-state index >= 15 is 0 Å². The Kier molecular flexibility index (Phi) is 4.87. The van der Waals surface area contributed by atoms with Crippen LogP contribution in [0.1, 0.15) is 17.4 Å². The number of nitrogens with zero attached hydrogens (tertiary/aromatic N) is 2. The number of halogens is 2. The SMILES string of the molecule is CCS(=O)(=O)c1ncc(Br)c(C(=O)Nc2ccc(F)cc2)n1. The van der Waals surface area contributed by atoms with Gasteiger partial charge in [-0.1, -0.05) is 6.92 Å². The quantitative estimate of drug-likeness (QED) is 0.813. The molecule has 0 bridgehead atoms. The second kappa shape index (κ2) is 6.49. The van der Waals surface area contributed by atoms with Gasteiger partial charge in [0, 0.05) is 11.9 Å². The summed E-state index contributed by atoms with van der Waals surface area (Å²) >= 11 is 3.10. The largest absolute Gasteiger partial charge is 0.321 e. The first kappa shape index (κ1) is 16.5. The summed E-state index contributed by atoms with van der Waals surface area (Å²) in [7, 11) is -3.62. The maximum absolute atomic E-state index is 12.8. The number of carbonyl (C=O) groups excluding carboxylic acids is 1. The number of hydrogen-bond donors (Lipinski definition) is 1. The first-order chi connectivity index (χ1) is 10.3. The van der Waals surface area contributed by atoms with E-state index in [1.807, 2.05) is 0 Å². The summed E-state index contributed by atoms with van der Waals surface area (Å²) in [4.78, 5) is 19.7. The highest BCUT2D eigenvalue weighted by molar-refractivity contribution is 9.10. The van der Waals surface area contributed by atoms with Crippen molar-refractivity contribution in [3.63, 3.8) is 0 Å². The van der Waals surface area contributed by atoms with Crippen LogP contribution in [0.15, 0.2) is 40.1 Å². The van der Waals surface area contributed by atoms with Crippen molar-refractivity contribution in [3.8, 4) is 0 Å². The number of benzene rings is 1. The van der Waals surface area contributed by atoms with E-state index < -0.39 is 26.7 Å². The summed E-state index contributed by atoms with van der Waals surface area (Å²) in [6, 6.07) is 5.15. The van der Waals surface area contributed by atoms with Gasteiger partial charge < -0.3 is 5.32 Å². The van der Waals surface area contributed by atoms with Gasteiger partial charge in [0.1, 0.15) is 11.5 Å². The molecule has 1 N–H and O–H groups in total. The number of anilines is 1. The first-order valence-electron chi connectivity index (χ1n) is 6.15. The average Bonchev–Trinajstić information content (AvgIpc) is 2.49. The minimum atomic E-state index is -3.62. The molecule has 9 heteroatoms. The van der Waals surface area contributed by atoms with Gasteiger partial charge in [0.2, 0.25) is 15.0 Å². The average molecular weight is 388 g/mol. The molecule has 0 fully saturated rings. The minimum Gasteiger partial charge on any atom is -0.321 e. The molecule has 0 aliphatic carbocycles. The predicted molar refractivity (Wildman–Crippen MR) is 81.8 cm³/mol. The normalized spacial score (nSPS) is 11.2. The van der Waals surface area contributed by atoms with Crippen LogP contribution >= 0.6 is 15.9 Å². The lowest BCUT2D eigenvalue weighted by Crippen LogP contribution is -2.18. The molecule has 0 saturated carbocycles. The van der Waals surface area contributed by atoms with E-state index in [0.717, 1.165) is 0 Å². The van der Waals surface area contributed by atoms with Crippen molar-refractivity contribution in [3.05, 3.63) is 46.4 Å². The number of hydrogen-bond acceptors (Lipinski definition) is 5. The third-order valence-electron chi connectivity index (χ3n) is 2.70. The van der Waals surface area contributed by atoms with Gasteiger partial charge >= 0.3 is 0 Å². The van der Waals surface area contributed by atoms with Crippen molar-refractivity contribution in [2.24, 2.45) is 0 Å². The Hall–Kier alpha value is -1.87. The summed E-state index contributed by atoms with van der Waals surface area (Å²) in [5.41, 5.74) is 0.239. The van der Waals surface area contributed by atoms with Crippen LogP contribution in [0, 0.1) is 5.82 Å². The maximum Gasteiger partial charge on any atom is 0.275 e. The Balaban J connectivity index is 2.33. The van der Waals surface area contributed by atoms with Gasteiger partial charge in [0.15, 0.2) is 0 Å². The fourth-order valence-electron chi connectivity index (χ4n) is 1.51. The summed E-state index contributed by atoms with van der Waals surface area (Å²) < 4.78 is 36.6. The zero-order valence-corrected chi connectivity index (χ0v) is 13.8. The third-order valence-corrected chi connectivity index (χ3v) is 4.79. The number of carbonyl (C=O) groups is 1. The van der Waals surface area contributed by atoms with Gasteiger partial charge in [0.25, 0.3) is 5.91 Å². The van der Waals surface area contributed by atoms with Crippen molar-refractivity contribution in [1.82, 2.24) is 9.97 Å².